The first-order valence-electron chi connectivity index (χ1n) is 13.4. The van der Waals surface area contributed by atoms with E-state index in [4.69, 9.17) is 23.2 Å². The zero-order valence-electron chi connectivity index (χ0n) is 22.9. The highest BCUT2D eigenvalue weighted by molar-refractivity contribution is 7.92. The van der Waals surface area contributed by atoms with Gasteiger partial charge in [-0.15, -0.1) is 0 Å². The Kier molecular flexibility index (Phi) is 11.4. The summed E-state index contributed by atoms with van der Waals surface area (Å²) in [4.78, 5) is 28.0. The topological polar surface area (TPSA) is 86.8 Å². The third-order valence-corrected chi connectivity index (χ3v) is 9.00. The normalized spacial score (nSPS) is 15.3. The Morgan fingerprint density at radius 2 is 1.73 bits per heavy atom. The van der Waals surface area contributed by atoms with Crippen LogP contribution in [-0.4, -0.2) is 50.0 Å². The van der Waals surface area contributed by atoms with Gasteiger partial charge in [-0.1, -0.05) is 54.6 Å². The first-order chi connectivity index (χ1) is 19.2. The van der Waals surface area contributed by atoms with E-state index >= 15 is 0 Å². The Morgan fingerprint density at radius 3 is 2.34 bits per heavy atom. The zero-order valence-corrected chi connectivity index (χ0v) is 25.2. The van der Waals surface area contributed by atoms with Crippen LogP contribution in [0.1, 0.15) is 63.0 Å². The molecule has 41 heavy (non-hydrogen) atoms. The number of nitrogens with one attached hydrogen (secondary N) is 1. The van der Waals surface area contributed by atoms with Crippen molar-refractivity contribution in [2.45, 2.75) is 76.7 Å². The molecule has 1 N–H and O–H groups in total. The van der Waals surface area contributed by atoms with Gasteiger partial charge in [-0.25, -0.2) is 8.42 Å². The van der Waals surface area contributed by atoms with E-state index in [0.29, 0.717) is 15.6 Å². The van der Waals surface area contributed by atoms with Gasteiger partial charge in [0, 0.05) is 25.6 Å². The molecule has 1 fully saturated rings. The van der Waals surface area contributed by atoms with E-state index < -0.39 is 33.7 Å². The number of carbonyl (C=O) groups excluding carboxylic acids is 2. The molecule has 2 aromatic carbocycles. The molecule has 0 radical (unpaired) electrons. The number of amides is 2. The van der Waals surface area contributed by atoms with E-state index in [1.54, 1.807) is 25.1 Å². The molecule has 1 aliphatic carbocycles. The second kappa shape index (κ2) is 14.1. The van der Waals surface area contributed by atoms with E-state index in [2.05, 4.69) is 5.32 Å². The number of sulfonamides is 1. The van der Waals surface area contributed by atoms with Gasteiger partial charge in [0.05, 0.1) is 27.6 Å². The lowest BCUT2D eigenvalue weighted by atomic mass is 9.95. The highest BCUT2D eigenvalue weighted by atomic mass is 35.5. The van der Waals surface area contributed by atoms with Crippen LogP contribution in [0.3, 0.4) is 0 Å². The number of benzene rings is 2. The Hall–Kier alpha value is -2.50. The van der Waals surface area contributed by atoms with Gasteiger partial charge in [-0.05, 0) is 62.1 Å². The fraction of sp³-hybridized carbons (Fsp3) is 0.500. The van der Waals surface area contributed by atoms with Crippen LogP contribution in [-0.2, 0) is 32.3 Å². The quantitative estimate of drug-likeness (QED) is 0.308. The average molecular weight is 637 g/mol. The molecule has 0 unspecified atom stereocenters. The van der Waals surface area contributed by atoms with Crippen molar-refractivity contribution in [3.63, 3.8) is 0 Å². The molecule has 0 spiro atoms. The molecule has 1 aliphatic rings. The van der Waals surface area contributed by atoms with Gasteiger partial charge in [0.1, 0.15) is 6.04 Å². The van der Waals surface area contributed by atoms with Gasteiger partial charge in [0.15, 0.2) is 0 Å². The summed E-state index contributed by atoms with van der Waals surface area (Å²) in [5.74, 6) is -0.716. The average Bonchev–Trinajstić information content (AvgIpc) is 2.90. The summed E-state index contributed by atoms with van der Waals surface area (Å²) in [6.07, 6.45) is 1.02. The Bertz CT molecular complexity index is 1340. The second-order valence-corrected chi connectivity index (χ2v) is 13.0. The molecule has 1 saturated carbocycles. The maximum Gasteiger partial charge on any atom is 0.416 e. The third kappa shape index (κ3) is 9.51. The highest BCUT2D eigenvalue weighted by Crippen LogP contribution is 2.32. The van der Waals surface area contributed by atoms with E-state index in [1.165, 1.54) is 11.0 Å². The van der Waals surface area contributed by atoms with Crippen molar-refractivity contribution in [3.05, 3.63) is 63.6 Å². The van der Waals surface area contributed by atoms with E-state index in [9.17, 15) is 31.2 Å². The van der Waals surface area contributed by atoms with Crippen LogP contribution in [0, 0.1) is 0 Å². The number of hydrogen-bond acceptors (Lipinski definition) is 4. The Balaban J connectivity index is 1.76. The Morgan fingerprint density at radius 1 is 1.05 bits per heavy atom. The van der Waals surface area contributed by atoms with E-state index in [0.717, 1.165) is 60.9 Å². The lowest BCUT2D eigenvalue weighted by Gasteiger charge is -2.31. The minimum absolute atomic E-state index is 0.0109. The second-order valence-electron chi connectivity index (χ2n) is 10.3. The van der Waals surface area contributed by atoms with Gasteiger partial charge in [0.2, 0.25) is 21.8 Å². The first-order valence-corrected chi connectivity index (χ1v) is 16.0. The zero-order chi connectivity index (χ0) is 30.4. The standard InChI is InChI=1S/C28H34Cl2F3N3O4S/c1-19(27(38)34-22-9-4-3-5-10-22)35(18-20-13-14-24(29)25(30)16-20)26(37)12-7-15-36(41(2,39)40)23-11-6-8-21(17-23)28(31,32)33/h6,8,11,13-14,16-17,19,22H,3-5,7,9-10,12,15,18H2,1-2H3,(H,34,38)/t19-/m1/s1. The summed E-state index contributed by atoms with van der Waals surface area (Å²) < 4.78 is 65.4. The lowest BCUT2D eigenvalue weighted by Crippen LogP contribution is -2.50. The van der Waals surface area contributed by atoms with Crippen molar-refractivity contribution in [2.24, 2.45) is 0 Å². The Labute approximate surface area is 249 Å². The van der Waals surface area contributed by atoms with E-state index in [-0.39, 0.29) is 43.6 Å². The van der Waals surface area contributed by atoms with Crippen LogP contribution in [0.4, 0.5) is 18.9 Å². The predicted octanol–water partition coefficient (Wildman–Crippen LogP) is 6.42. The molecule has 2 amide bonds. The number of anilines is 1. The molecule has 3 rings (SSSR count). The summed E-state index contributed by atoms with van der Waals surface area (Å²) in [5, 5.41) is 3.67. The summed E-state index contributed by atoms with van der Waals surface area (Å²) >= 11 is 12.2. The van der Waals surface area contributed by atoms with Crippen molar-refractivity contribution < 1.29 is 31.2 Å². The molecule has 0 heterocycles. The SMILES string of the molecule is C[C@H](C(=O)NC1CCCCC1)N(Cc1ccc(Cl)c(Cl)c1)C(=O)CCCN(c1cccc(C(F)(F)F)c1)S(C)(=O)=O. The number of halogens is 5. The maximum absolute atomic E-state index is 13.5. The van der Waals surface area contributed by atoms with Gasteiger partial charge < -0.3 is 10.2 Å². The van der Waals surface area contributed by atoms with Gasteiger partial charge in [-0.3, -0.25) is 13.9 Å². The maximum atomic E-state index is 13.5. The smallest absolute Gasteiger partial charge is 0.352 e. The van der Waals surface area contributed by atoms with Gasteiger partial charge in [0.25, 0.3) is 0 Å². The minimum Gasteiger partial charge on any atom is -0.352 e. The number of nitrogens with zero attached hydrogens (tertiary/aromatic N) is 2. The number of carbonyl (C=O) groups is 2. The van der Waals surface area contributed by atoms with Crippen molar-refractivity contribution in [1.82, 2.24) is 10.2 Å². The van der Waals surface area contributed by atoms with Gasteiger partial charge in [-0.2, -0.15) is 13.2 Å². The molecule has 226 valence electrons. The molecule has 1 atom stereocenters. The van der Waals surface area contributed by atoms with Crippen LogP contribution in [0.25, 0.3) is 0 Å². The molecule has 13 heteroatoms. The van der Waals surface area contributed by atoms with Gasteiger partial charge >= 0.3 is 6.18 Å². The molecule has 7 nitrogen and oxygen atoms in total. The number of alkyl halides is 3. The summed E-state index contributed by atoms with van der Waals surface area (Å²) in [7, 11) is -3.95. The predicted molar refractivity (Wildman–Crippen MR) is 154 cm³/mol. The highest BCUT2D eigenvalue weighted by Gasteiger charge is 2.32. The van der Waals surface area contributed by atoms with Crippen LogP contribution >= 0.6 is 23.2 Å². The fourth-order valence-electron chi connectivity index (χ4n) is 4.83. The number of hydrogen-bond donors (Lipinski definition) is 1. The summed E-state index contributed by atoms with van der Waals surface area (Å²) in [6, 6.07) is 8.11. The molecule has 0 aliphatic heterocycles. The first kappa shape index (κ1) is 33.0. The molecule has 0 aromatic heterocycles. The lowest BCUT2D eigenvalue weighted by molar-refractivity contribution is -0.141. The van der Waals surface area contributed by atoms with Crippen LogP contribution in [0.15, 0.2) is 42.5 Å². The van der Waals surface area contributed by atoms with Crippen molar-refractivity contribution in [3.8, 4) is 0 Å². The third-order valence-electron chi connectivity index (χ3n) is 7.07. The van der Waals surface area contributed by atoms with E-state index in [1.807, 2.05) is 0 Å². The van der Waals surface area contributed by atoms with Crippen molar-refractivity contribution in [1.29, 1.82) is 0 Å². The fourth-order valence-corrected chi connectivity index (χ4v) is 6.11. The molecule has 2 aromatic rings. The molecule has 0 bridgehead atoms. The minimum atomic E-state index is -4.64. The largest absolute Gasteiger partial charge is 0.416 e. The number of rotatable bonds is 11. The molecular formula is C28H34Cl2F3N3O4S. The summed E-state index contributed by atoms with van der Waals surface area (Å²) in [5.41, 5.74) is -0.486. The van der Waals surface area contributed by atoms with Crippen LogP contribution in [0.2, 0.25) is 10.0 Å². The molecular weight excluding hydrogens is 602 g/mol. The van der Waals surface area contributed by atoms with Crippen molar-refractivity contribution in [2.75, 3.05) is 17.1 Å². The van der Waals surface area contributed by atoms with Crippen LogP contribution < -0.4 is 9.62 Å². The van der Waals surface area contributed by atoms with Crippen LogP contribution in [0.5, 0.6) is 0 Å². The summed E-state index contributed by atoms with van der Waals surface area (Å²) in [6.45, 7) is 1.45. The molecule has 0 saturated heterocycles. The monoisotopic (exact) mass is 635 g/mol. The van der Waals surface area contributed by atoms with Crippen molar-refractivity contribution >= 4 is 50.7 Å².